The fourth-order valence-electron chi connectivity index (χ4n) is 2.46. The summed E-state index contributed by atoms with van der Waals surface area (Å²) in [6, 6.07) is 6.07. The molecule has 4 nitrogen and oxygen atoms in total. The number of ether oxygens (including phenoxy) is 2. The van der Waals surface area contributed by atoms with Gasteiger partial charge in [-0.05, 0) is 24.1 Å². The van der Waals surface area contributed by atoms with Crippen LogP contribution >= 0.6 is 11.6 Å². The molecule has 0 aliphatic carbocycles. The SMILES string of the molecule is COc1ccc(C(CN)N2CCCOCC2)cc1Cl. The van der Waals surface area contributed by atoms with Crippen molar-refractivity contribution in [3.05, 3.63) is 28.8 Å². The van der Waals surface area contributed by atoms with Crippen LogP contribution in [0.5, 0.6) is 5.75 Å². The van der Waals surface area contributed by atoms with Crippen LogP contribution in [0, 0.1) is 0 Å². The Morgan fingerprint density at radius 1 is 1.42 bits per heavy atom. The van der Waals surface area contributed by atoms with Gasteiger partial charge in [0.05, 0.1) is 18.7 Å². The van der Waals surface area contributed by atoms with Crippen LogP contribution < -0.4 is 10.5 Å². The van der Waals surface area contributed by atoms with E-state index < -0.39 is 0 Å². The summed E-state index contributed by atoms with van der Waals surface area (Å²) in [6.45, 7) is 4.08. The van der Waals surface area contributed by atoms with Gasteiger partial charge in [-0.15, -0.1) is 0 Å². The Hall–Kier alpha value is -0.810. The first-order valence-electron chi connectivity index (χ1n) is 6.61. The van der Waals surface area contributed by atoms with Gasteiger partial charge >= 0.3 is 0 Å². The molecule has 1 aromatic rings. The van der Waals surface area contributed by atoms with E-state index in [-0.39, 0.29) is 6.04 Å². The van der Waals surface area contributed by atoms with Crippen molar-refractivity contribution in [1.82, 2.24) is 4.90 Å². The third-order valence-corrected chi connectivity index (χ3v) is 3.78. The largest absolute Gasteiger partial charge is 0.495 e. The molecular weight excluding hydrogens is 264 g/mol. The van der Waals surface area contributed by atoms with Gasteiger partial charge in [0, 0.05) is 32.3 Å². The Bertz CT molecular complexity index is 406. The molecule has 0 radical (unpaired) electrons. The Labute approximate surface area is 119 Å². The Morgan fingerprint density at radius 3 is 2.95 bits per heavy atom. The third-order valence-electron chi connectivity index (χ3n) is 3.48. The summed E-state index contributed by atoms with van der Waals surface area (Å²) in [4.78, 5) is 2.37. The van der Waals surface area contributed by atoms with Crippen LogP contribution in [-0.4, -0.2) is 44.9 Å². The lowest BCUT2D eigenvalue weighted by Gasteiger charge is -2.29. The number of methoxy groups -OCH3 is 1. The van der Waals surface area contributed by atoms with Gasteiger partial charge in [0.25, 0.3) is 0 Å². The van der Waals surface area contributed by atoms with Crippen LogP contribution in [0.1, 0.15) is 18.0 Å². The number of halogens is 1. The summed E-state index contributed by atoms with van der Waals surface area (Å²) < 4.78 is 10.7. The second-order valence-corrected chi connectivity index (χ2v) is 5.05. The molecule has 0 amide bonds. The minimum absolute atomic E-state index is 0.185. The predicted octanol–water partition coefficient (Wildman–Crippen LogP) is 2.07. The standard InChI is InChI=1S/C14H21ClN2O2/c1-18-14-4-3-11(9-12(14)15)13(10-16)17-5-2-7-19-8-6-17/h3-4,9,13H,2,5-8,10,16H2,1H3. The summed E-state index contributed by atoms with van der Waals surface area (Å²) >= 11 is 6.19. The van der Waals surface area contributed by atoms with E-state index in [1.165, 1.54) is 0 Å². The monoisotopic (exact) mass is 284 g/mol. The smallest absolute Gasteiger partial charge is 0.137 e. The highest BCUT2D eigenvalue weighted by Crippen LogP contribution is 2.29. The Morgan fingerprint density at radius 2 is 2.26 bits per heavy atom. The number of benzene rings is 1. The highest BCUT2D eigenvalue weighted by Gasteiger charge is 2.21. The lowest BCUT2D eigenvalue weighted by atomic mass is 10.0. The fourth-order valence-corrected chi connectivity index (χ4v) is 2.73. The molecule has 1 heterocycles. The third kappa shape index (κ3) is 3.60. The lowest BCUT2D eigenvalue weighted by Crippen LogP contribution is -2.35. The molecule has 0 spiro atoms. The van der Waals surface area contributed by atoms with Crippen LogP contribution in [0.4, 0.5) is 0 Å². The van der Waals surface area contributed by atoms with Crippen LogP contribution in [0.15, 0.2) is 18.2 Å². The molecule has 2 rings (SSSR count). The molecule has 1 unspecified atom stereocenters. The minimum atomic E-state index is 0.185. The molecule has 0 saturated carbocycles. The van der Waals surface area contributed by atoms with E-state index in [0.717, 1.165) is 38.3 Å². The molecule has 106 valence electrons. The minimum Gasteiger partial charge on any atom is -0.495 e. The first-order valence-corrected chi connectivity index (χ1v) is 6.99. The average Bonchev–Trinajstić information content (AvgIpc) is 2.69. The van der Waals surface area contributed by atoms with Gasteiger partial charge in [-0.3, -0.25) is 4.90 Å². The first kappa shape index (κ1) is 14.6. The molecule has 19 heavy (non-hydrogen) atoms. The van der Waals surface area contributed by atoms with E-state index in [4.69, 9.17) is 26.8 Å². The van der Waals surface area contributed by atoms with E-state index in [2.05, 4.69) is 4.90 Å². The number of nitrogens with two attached hydrogens (primary N) is 1. The second-order valence-electron chi connectivity index (χ2n) is 4.65. The molecule has 1 atom stereocenters. The zero-order valence-electron chi connectivity index (χ0n) is 11.3. The van der Waals surface area contributed by atoms with Crippen LogP contribution in [0.25, 0.3) is 0 Å². The Kier molecular flexibility index (Phi) is 5.45. The molecule has 1 aliphatic rings. The zero-order valence-corrected chi connectivity index (χ0v) is 12.0. The van der Waals surface area contributed by atoms with E-state index in [1.807, 2.05) is 18.2 Å². The van der Waals surface area contributed by atoms with Gasteiger partial charge in [0.2, 0.25) is 0 Å². The number of hydrogen-bond donors (Lipinski definition) is 1. The maximum absolute atomic E-state index is 6.19. The van der Waals surface area contributed by atoms with Gasteiger partial charge in [0.1, 0.15) is 5.75 Å². The summed E-state index contributed by atoms with van der Waals surface area (Å²) in [5.74, 6) is 0.695. The van der Waals surface area contributed by atoms with Crippen molar-refractivity contribution in [2.75, 3.05) is 40.0 Å². The Balaban J connectivity index is 2.18. The van der Waals surface area contributed by atoms with Crippen molar-refractivity contribution in [3.63, 3.8) is 0 Å². The molecule has 1 fully saturated rings. The average molecular weight is 285 g/mol. The van der Waals surface area contributed by atoms with Crippen LogP contribution in [0.2, 0.25) is 5.02 Å². The van der Waals surface area contributed by atoms with Gasteiger partial charge in [-0.1, -0.05) is 17.7 Å². The molecule has 1 aromatic carbocycles. The number of rotatable bonds is 4. The van der Waals surface area contributed by atoms with E-state index in [9.17, 15) is 0 Å². The number of nitrogens with zero attached hydrogens (tertiary/aromatic N) is 1. The molecular formula is C14H21ClN2O2. The summed E-state index contributed by atoms with van der Waals surface area (Å²) in [6.07, 6.45) is 1.04. The molecule has 0 bridgehead atoms. The zero-order chi connectivity index (χ0) is 13.7. The van der Waals surface area contributed by atoms with Crippen LogP contribution in [0.3, 0.4) is 0 Å². The topological polar surface area (TPSA) is 47.7 Å². The summed E-state index contributed by atoms with van der Waals surface area (Å²) in [5, 5.41) is 0.629. The first-order chi connectivity index (χ1) is 9.26. The second kappa shape index (κ2) is 7.10. The highest BCUT2D eigenvalue weighted by molar-refractivity contribution is 6.32. The number of hydrogen-bond acceptors (Lipinski definition) is 4. The fraction of sp³-hybridized carbons (Fsp3) is 0.571. The predicted molar refractivity (Wildman–Crippen MR) is 76.8 cm³/mol. The van der Waals surface area contributed by atoms with Gasteiger partial charge < -0.3 is 15.2 Å². The molecule has 1 saturated heterocycles. The molecule has 5 heteroatoms. The highest BCUT2D eigenvalue weighted by atomic mass is 35.5. The normalized spacial score (nSPS) is 18.9. The summed E-state index contributed by atoms with van der Waals surface area (Å²) in [5.41, 5.74) is 7.08. The van der Waals surface area contributed by atoms with Gasteiger partial charge in [0.15, 0.2) is 0 Å². The molecule has 0 aromatic heterocycles. The van der Waals surface area contributed by atoms with Crippen molar-refractivity contribution in [2.24, 2.45) is 5.73 Å². The van der Waals surface area contributed by atoms with Crippen molar-refractivity contribution in [1.29, 1.82) is 0 Å². The van der Waals surface area contributed by atoms with E-state index in [0.29, 0.717) is 17.3 Å². The van der Waals surface area contributed by atoms with Crippen molar-refractivity contribution < 1.29 is 9.47 Å². The van der Waals surface area contributed by atoms with Crippen LogP contribution in [-0.2, 0) is 4.74 Å². The van der Waals surface area contributed by atoms with Gasteiger partial charge in [-0.25, -0.2) is 0 Å². The van der Waals surface area contributed by atoms with Crippen molar-refractivity contribution in [2.45, 2.75) is 12.5 Å². The maximum Gasteiger partial charge on any atom is 0.137 e. The quantitative estimate of drug-likeness (QED) is 0.919. The maximum atomic E-state index is 6.19. The van der Waals surface area contributed by atoms with E-state index >= 15 is 0 Å². The van der Waals surface area contributed by atoms with Crippen molar-refractivity contribution in [3.8, 4) is 5.75 Å². The summed E-state index contributed by atoms with van der Waals surface area (Å²) in [7, 11) is 1.62. The molecule has 1 aliphatic heterocycles. The van der Waals surface area contributed by atoms with E-state index in [1.54, 1.807) is 7.11 Å². The lowest BCUT2D eigenvalue weighted by molar-refractivity contribution is 0.132. The van der Waals surface area contributed by atoms with Gasteiger partial charge in [-0.2, -0.15) is 0 Å². The molecule has 2 N–H and O–H groups in total. The van der Waals surface area contributed by atoms with Crippen molar-refractivity contribution >= 4 is 11.6 Å².